The van der Waals surface area contributed by atoms with Crippen molar-refractivity contribution >= 4 is 11.4 Å². The van der Waals surface area contributed by atoms with Gasteiger partial charge in [0.1, 0.15) is 0 Å². The van der Waals surface area contributed by atoms with Crippen LogP contribution in [0.2, 0.25) is 0 Å². The summed E-state index contributed by atoms with van der Waals surface area (Å²) in [6.45, 7) is 12.9. The molecule has 0 amide bonds. The van der Waals surface area contributed by atoms with E-state index < -0.39 is 0 Å². The summed E-state index contributed by atoms with van der Waals surface area (Å²) in [4.78, 5) is 2.25. The Balaban J connectivity index is 2.05. The number of hydrogen-bond donors (Lipinski definition) is 0. The molecule has 2 aromatic carbocycles. The standard InChI is InChI=1S/C28H29N/c1-5-15-25(6-2)29(26-18-11-8-12-19-26)23(4)28-21-14-13-20-27(28)22(3)24-16-9-7-10-17-24/h5,8-9,11-16,18-22,24H,1,4,6,17H2,2-3H3/b25-15+. The molecule has 0 bridgehead atoms. The first-order chi connectivity index (χ1) is 14.2. The Morgan fingerprint density at radius 3 is 2.55 bits per heavy atom. The van der Waals surface area contributed by atoms with Gasteiger partial charge in [-0.2, -0.15) is 0 Å². The van der Waals surface area contributed by atoms with E-state index in [9.17, 15) is 0 Å². The molecule has 0 spiro atoms. The first kappa shape index (κ1) is 20.5. The Labute approximate surface area is 175 Å². The van der Waals surface area contributed by atoms with E-state index in [4.69, 9.17) is 0 Å². The van der Waals surface area contributed by atoms with Gasteiger partial charge in [0.15, 0.2) is 0 Å². The van der Waals surface area contributed by atoms with Crippen LogP contribution in [0, 0.1) is 17.8 Å². The molecule has 146 valence electrons. The topological polar surface area (TPSA) is 3.24 Å². The van der Waals surface area contributed by atoms with Crippen LogP contribution in [0.3, 0.4) is 0 Å². The van der Waals surface area contributed by atoms with Gasteiger partial charge in [-0.1, -0.05) is 93.5 Å². The fourth-order valence-corrected chi connectivity index (χ4v) is 3.89. The molecular weight excluding hydrogens is 350 g/mol. The maximum atomic E-state index is 4.55. The van der Waals surface area contributed by atoms with Crippen molar-refractivity contribution in [2.75, 3.05) is 4.90 Å². The van der Waals surface area contributed by atoms with E-state index in [-0.39, 0.29) is 0 Å². The van der Waals surface area contributed by atoms with Crippen molar-refractivity contribution in [1.82, 2.24) is 0 Å². The third-order valence-corrected chi connectivity index (χ3v) is 5.52. The van der Waals surface area contributed by atoms with Crippen LogP contribution >= 0.6 is 0 Å². The number of allylic oxidation sites excluding steroid dienone is 5. The van der Waals surface area contributed by atoms with Gasteiger partial charge in [-0.3, -0.25) is 0 Å². The summed E-state index contributed by atoms with van der Waals surface area (Å²) in [6, 6.07) is 19.1. The Bertz CT molecular complexity index is 982. The SMILES string of the molecule is C=C/C=C(\CC)N(C(=C)c1ccccc1C(C)C1C=CC#CC1)c1ccccc1. The Hall–Kier alpha value is -3.24. The summed E-state index contributed by atoms with van der Waals surface area (Å²) in [5, 5.41) is 0. The van der Waals surface area contributed by atoms with Crippen LogP contribution in [0.25, 0.3) is 5.70 Å². The fraction of sp³-hybridized carbons (Fsp3) is 0.214. The minimum Gasteiger partial charge on any atom is -0.314 e. The molecule has 2 unspecified atom stereocenters. The quantitative estimate of drug-likeness (QED) is 0.343. The van der Waals surface area contributed by atoms with Gasteiger partial charge >= 0.3 is 0 Å². The zero-order valence-corrected chi connectivity index (χ0v) is 17.4. The Morgan fingerprint density at radius 1 is 1.17 bits per heavy atom. The molecule has 1 aliphatic rings. The zero-order valence-electron chi connectivity index (χ0n) is 17.4. The molecule has 0 fully saturated rings. The van der Waals surface area contributed by atoms with Gasteiger partial charge in [0, 0.05) is 29.1 Å². The highest BCUT2D eigenvalue weighted by Gasteiger charge is 2.23. The van der Waals surface area contributed by atoms with Crippen molar-refractivity contribution in [3.8, 4) is 11.8 Å². The Kier molecular flexibility index (Phi) is 6.93. The van der Waals surface area contributed by atoms with Crippen LogP contribution in [-0.2, 0) is 0 Å². The molecule has 1 nitrogen and oxygen atoms in total. The van der Waals surface area contributed by atoms with E-state index in [1.165, 1.54) is 16.8 Å². The highest BCUT2D eigenvalue weighted by atomic mass is 15.2. The zero-order chi connectivity index (χ0) is 20.6. The maximum absolute atomic E-state index is 4.55. The van der Waals surface area contributed by atoms with Crippen LogP contribution in [-0.4, -0.2) is 0 Å². The second-order valence-electron chi connectivity index (χ2n) is 7.29. The molecule has 0 aliphatic heterocycles. The molecule has 1 aliphatic carbocycles. The summed E-state index contributed by atoms with van der Waals surface area (Å²) in [5.74, 6) is 7.08. The molecule has 0 aromatic heterocycles. The molecule has 1 heteroatoms. The van der Waals surface area contributed by atoms with E-state index in [2.05, 4.69) is 104 Å². The van der Waals surface area contributed by atoms with E-state index in [0.717, 1.165) is 24.2 Å². The molecule has 0 saturated heterocycles. The summed E-state index contributed by atoms with van der Waals surface area (Å²) in [7, 11) is 0. The molecule has 2 aromatic rings. The van der Waals surface area contributed by atoms with E-state index in [1.54, 1.807) is 0 Å². The lowest BCUT2D eigenvalue weighted by Gasteiger charge is -2.32. The summed E-state index contributed by atoms with van der Waals surface area (Å²) in [6.07, 6.45) is 9.94. The van der Waals surface area contributed by atoms with Crippen LogP contribution in [0.4, 0.5) is 5.69 Å². The molecule has 2 atom stereocenters. The predicted molar refractivity (Wildman–Crippen MR) is 126 cm³/mol. The average molecular weight is 380 g/mol. The van der Waals surface area contributed by atoms with Crippen LogP contribution in [0.15, 0.2) is 97.8 Å². The summed E-state index contributed by atoms with van der Waals surface area (Å²) >= 11 is 0. The largest absolute Gasteiger partial charge is 0.314 e. The lowest BCUT2D eigenvalue weighted by atomic mass is 9.81. The fourth-order valence-electron chi connectivity index (χ4n) is 3.89. The van der Waals surface area contributed by atoms with E-state index in [0.29, 0.717) is 11.8 Å². The normalized spacial score (nSPS) is 16.5. The smallest absolute Gasteiger partial charge is 0.0461 e. The highest BCUT2D eigenvalue weighted by Crippen LogP contribution is 2.37. The van der Waals surface area contributed by atoms with Crippen molar-refractivity contribution in [2.24, 2.45) is 5.92 Å². The third-order valence-electron chi connectivity index (χ3n) is 5.52. The van der Waals surface area contributed by atoms with Crippen molar-refractivity contribution in [3.05, 3.63) is 109 Å². The van der Waals surface area contributed by atoms with Crippen LogP contribution in [0.5, 0.6) is 0 Å². The minimum absolute atomic E-state index is 0.361. The van der Waals surface area contributed by atoms with Crippen molar-refractivity contribution in [2.45, 2.75) is 32.6 Å². The van der Waals surface area contributed by atoms with Crippen molar-refractivity contribution in [3.63, 3.8) is 0 Å². The van der Waals surface area contributed by atoms with Crippen molar-refractivity contribution < 1.29 is 0 Å². The molecule has 0 heterocycles. The second kappa shape index (κ2) is 9.80. The number of anilines is 1. The first-order valence-corrected chi connectivity index (χ1v) is 10.3. The molecule has 0 saturated carbocycles. The van der Waals surface area contributed by atoms with Gasteiger partial charge in [0.05, 0.1) is 0 Å². The average Bonchev–Trinajstić information content (AvgIpc) is 2.79. The number of para-hydroxylation sites is 1. The van der Waals surface area contributed by atoms with Gasteiger partial charge in [-0.15, -0.1) is 0 Å². The maximum Gasteiger partial charge on any atom is 0.0461 e. The van der Waals surface area contributed by atoms with Crippen LogP contribution in [0.1, 0.15) is 43.7 Å². The molecule has 0 radical (unpaired) electrons. The minimum atomic E-state index is 0.361. The van der Waals surface area contributed by atoms with Gasteiger partial charge < -0.3 is 4.90 Å². The number of benzene rings is 2. The van der Waals surface area contributed by atoms with Crippen molar-refractivity contribution in [1.29, 1.82) is 0 Å². The molecule has 0 N–H and O–H groups in total. The van der Waals surface area contributed by atoms with E-state index >= 15 is 0 Å². The predicted octanol–water partition coefficient (Wildman–Crippen LogP) is 7.33. The second-order valence-corrected chi connectivity index (χ2v) is 7.29. The van der Waals surface area contributed by atoms with E-state index in [1.807, 2.05) is 18.2 Å². The van der Waals surface area contributed by atoms with Gasteiger partial charge in [0.25, 0.3) is 0 Å². The molecule has 3 rings (SSSR count). The third kappa shape index (κ3) is 4.61. The van der Waals surface area contributed by atoms with Gasteiger partial charge in [-0.25, -0.2) is 0 Å². The summed E-state index contributed by atoms with van der Waals surface area (Å²) in [5.41, 5.74) is 5.75. The van der Waals surface area contributed by atoms with Gasteiger partial charge in [-0.05, 0) is 48.1 Å². The monoisotopic (exact) mass is 379 g/mol. The number of rotatable bonds is 8. The number of hydrogen-bond acceptors (Lipinski definition) is 1. The molecule has 29 heavy (non-hydrogen) atoms. The number of nitrogens with zero attached hydrogens (tertiary/aromatic N) is 1. The first-order valence-electron chi connectivity index (χ1n) is 10.3. The molecular formula is C28H29N. The summed E-state index contributed by atoms with van der Waals surface area (Å²) < 4.78 is 0. The highest BCUT2D eigenvalue weighted by molar-refractivity contribution is 5.83. The van der Waals surface area contributed by atoms with Gasteiger partial charge in [0.2, 0.25) is 0 Å². The Morgan fingerprint density at radius 2 is 1.90 bits per heavy atom. The lowest BCUT2D eigenvalue weighted by Crippen LogP contribution is -2.21. The van der Waals surface area contributed by atoms with Crippen LogP contribution < -0.4 is 4.90 Å². The lowest BCUT2D eigenvalue weighted by molar-refractivity contribution is 0.552.